The average molecular weight is 861 g/mol. The van der Waals surface area contributed by atoms with E-state index in [1.807, 2.05) is 80.5 Å². The van der Waals surface area contributed by atoms with Crippen LogP contribution in [0.25, 0.3) is 0 Å². The van der Waals surface area contributed by atoms with Crippen molar-refractivity contribution < 1.29 is 24.2 Å². The first-order valence-corrected chi connectivity index (χ1v) is 19.0. The van der Waals surface area contributed by atoms with E-state index in [0.717, 1.165) is 45.4 Å². The molecule has 2 aromatic heterocycles. The van der Waals surface area contributed by atoms with Crippen LogP contribution in [0, 0.1) is 41.5 Å². The largest absolute Gasteiger partial charge is 0.490 e. The first kappa shape index (κ1) is 45.0. The molecule has 0 bridgehead atoms. The molecule has 288 valence electrons. The SMILES string of the molecule is CCC(C)Oc1cc(Br)cc(C(=O)NCc2c(C)cc(C)[nH]c2=O)c1C.CCC(C)Oc1cc(Br)cc(C(=O)O)c1C.Cc1cc(C)c(CN)c(=O)[nH]1. The molecule has 0 radical (unpaired) electrons. The molecule has 4 rings (SSSR count). The van der Waals surface area contributed by atoms with Gasteiger partial charge >= 0.3 is 5.97 Å². The number of pyridine rings is 2. The van der Waals surface area contributed by atoms with Crippen LogP contribution in [-0.2, 0) is 13.1 Å². The number of ether oxygens (including phenoxy) is 2. The molecule has 4 aromatic rings. The van der Waals surface area contributed by atoms with Crippen LogP contribution in [0.3, 0.4) is 0 Å². The Morgan fingerprint density at radius 1 is 0.736 bits per heavy atom. The van der Waals surface area contributed by atoms with Gasteiger partial charge in [0.05, 0.1) is 17.8 Å². The first-order chi connectivity index (χ1) is 24.8. The molecule has 0 fully saturated rings. The minimum Gasteiger partial charge on any atom is -0.490 e. The Labute approximate surface area is 328 Å². The van der Waals surface area contributed by atoms with Crippen molar-refractivity contribution >= 4 is 43.7 Å². The lowest BCUT2D eigenvalue weighted by Gasteiger charge is -2.17. The number of aryl methyl sites for hydroxylation is 4. The molecule has 0 aliphatic heterocycles. The van der Waals surface area contributed by atoms with E-state index in [-0.39, 0.29) is 41.3 Å². The molecule has 0 aliphatic rings. The van der Waals surface area contributed by atoms with Crippen LogP contribution >= 0.6 is 31.9 Å². The van der Waals surface area contributed by atoms with Gasteiger partial charge in [-0.2, -0.15) is 0 Å². The van der Waals surface area contributed by atoms with Crippen molar-refractivity contribution in [1.82, 2.24) is 15.3 Å². The molecule has 0 spiro atoms. The quantitative estimate of drug-likeness (QED) is 0.100. The van der Waals surface area contributed by atoms with Gasteiger partial charge in [0.2, 0.25) is 0 Å². The maximum atomic E-state index is 12.7. The van der Waals surface area contributed by atoms with Gasteiger partial charge in [-0.25, -0.2) is 4.79 Å². The number of carbonyl (C=O) groups excluding carboxylic acids is 1. The van der Waals surface area contributed by atoms with E-state index in [4.69, 9.17) is 20.3 Å². The number of hydrogen-bond donors (Lipinski definition) is 5. The maximum Gasteiger partial charge on any atom is 0.336 e. The van der Waals surface area contributed by atoms with E-state index in [2.05, 4.69) is 47.1 Å². The van der Waals surface area contributed by atoms with E-state index < -0.39 is 5.97 Å². The van der Waals surface area contributed by atoms with Crippen LogP contribution < -0.4 is 31.6 Å². The fourth-order valence-electron chi connectivity index (χ4n) is 5.11. The van der Waals surface area contributed by atoms with Crippen molar-refractivity contribution in [2.45, 2.75) is 107 Å². The lowest BCUT2D eigenvalue weighted by molar-refractivity contribution is 0.0694. The fourth-order valence-corrected chi connectivity index (χ4v) is 5.99. The standard InChI is InChI=1S/C20H25BrN2O3.C12H15BrO3.C8H12N2O/c1-6-13(4)26-18-9-15(21)8-16(14(18)5)19(24)22-10-17-11(2)7-12(3)23-20(17)25;1-4-7(2)16-11-6-9(13)5-10(8(11)3)12(14)15;1-5-3-6(2)10-8(11)7(5)4-9/h7-9,13H,6,10H2,1-5H3,(H,22,24)(H,23,25);5-7H,4H2,1-3H3,(H,14,15);3H,4,9H2,1-2H3,(H,10,11). The maximum absolute atomic E-state index is 12.7. The van der Waals surface area contributed by atoms with Crippen LogP contribution in [0.1, 0.15) is 106 Å². The molecule has 2 aromatic carbocycles. The normalized spacial score (nSPS) is 11.6. The fraction of sp³-hybridized carbons (Fsp3) is 0.400. The highest BCUT2D eigenvalue weighted by molar-refractivity contribution is 9.10. The summed E-state index contributed by atoms with van der Waals surface area (Å²) in [5, 5.41) is 11.9. The minimum atomic E-state index is -0.937. The number of halogens is 2. The third-order valence-electron chi connectivity index (χ3n) is 8.55. The molecule has 53 heavy (non-hydrogen) atoms. The smallest absolute Gasteiger partial charge is 0.336 e. The van der Waals surface area contributed by atoms with Crippen LogP contribution in [0.2, 0.25) is 0 Å². The molecule has 13 heteroatoms. The number of aromatic carboxylic acids is 1. The van der Waals surface area contributed by atoms with Crippen molar-refractivity contribution in [1.29, 1.82) is 0 Å². The molecule has 0 saturated carbocycles. The number of carbonyl (C=O) groups is 2. The number of carboxylic acid groups (broad SMARTS) is 1. The number of aromatic nitrogens is 2. The third-order valence-corrected chi connectivity index (χ3v) is 9.46. The molecule has 2 unspecified atom stereocenters. The molecular formula is C40H52Br2N4O7. The Hall–Kier alpha value is -4.20. The highest BCUT2D eigenvalue weighted by Crippen LogP contribution is 2.29. The second-order valence-electron chi connectivity index (χ2n) is 12.9. The summed E-state index contributed by atoms with van der Waals surface area (Å²) < 4.78 is 13.1. The number of hydrogen-bond acceptors (Lipinski definition) is 7. The number of H-pyrrole nitrogens is 2. The summed E-state index contributed by atoms with van der Waals surface area (Å²) in [4.78, 5) is 52.4. The Kier molecular flexibility index (Phi) is 17.7. The van der Waals surface area contributed by atoms with E-state index >= 15 is 0 Å². The molecular weight excluding hydrogens is 808 g/mol. The zero-order valence-electron chi connectivity index (χ0n) is 32.2. The zero-order chi connectivity index (χ0) is 40.2. The molecule has 1 amide bonds. The van der Waals surface area contributed by atoms with Crippen LogP contribution in [0.4, 0.5) is 0 Å². The predicted molar refractivity (Wildman–Crippen MR) is 218 cm³/mol. The van der Waals surface area contributed by atoms with Crippen molar-refractivity contribution in [3.05, 3.63) is 122 Å². The van der Waals surface area contributed by atoms with E-state index in [1.54, 1.807) is 25.1 Å². The summed E-state index contributed by atoms with van der Waals surface area (Å²) in [5.74, 6) is 0.134. The van der Waals surface area contributed by atoms with Crippen molar-refractivity contribution in [2.75, 3.05) is 0 Å². The summed E-state index contributed by atoms with van der Waals surface area (Å²) >= 11 is 6.72. The number of carboxylic acids is 1. The van der Waals surface area contributed by atoms with E-state index in [1.165, 1.54) is 0 Å². The average Bonchev–Trinajstić information content (AvgIpc) is 3.07. The topological polar surface area (TPSA) is 177 Å². The Morgan fingerprint density at radius 3 is 1.55 bits per heavy atom. The van der Waals surface area contributed by atoms with Crippen molar-refractivity contribution in [3.63, 3.8) is 0 Å². The Morgan fingerprint density at radius 2 is 1.15 bits per heavy atom. The summed E-state index contributed by atoms with van der Waals surface area (Å²) in [7, 11) is 0. The molecule has 0 aliphatic carbocycles. The summed E-state index contributed by atoms with van der Waals surface area (Å²) in [6, 6.07) is 10.8. The molecule has 11 nitrogen and oxygen atoms in total. The lowest BCUT2D eigenvalue weighted by Crippen LogP contribution is -2.28. The van der Waals surface area contributed by atoms with E-state index in [9.17, 15) is 19.2 Å². The molecule has 2 atom stereocenters. The van der Waals surface area contributed by atoms with Gasteiger partial charge in [-0.3, -0.25) is 14.4 Å². The van der Waals surface area contributed by atoms with Gasteiger partial charge in [0.25, 0.3) is 17.0 Å². The number of amides is 1. The number of aromatic amines is 2. The number of nitrogens with two attached hydrogens (primary N) is 1. The molecule has 0 saturated heterocycles. The number of nitrogens with one attached hydrogen (secondary N) is 3. The van der Waals surface area contributed by atoms with Gasteiger partial charge in [0.1, 0.15) is 11.5 Å². The van der Waals surface area contributed by atoms with Crippen molar-refractivity contribution in [3.8, 4) is 11.5 Å². The van der Waals surface area contributed by atoms with Gasteiger partial charge in [-0.1, -0.05) is 45.7 Å². The minimum absolute atomic E-state index is 0.0627. The van der Waals surface area contributed by atoms with E-state index in [0.29, 0.717) is 44.8 Å². The first-order valence-electron chi connectivity index (χ1n) is 17.4. The van der Waals surface area contributed by atoms with Gasteiger partial charge in [0.15, 0.2) is 0 Å². The van der Waals surface area contributed by atoms with Gasteiger partial charge in [-0.15, -0.1) is 0 Å². The Balaban J connectivity index is 0.000000305. The van der Waals surface area contributed by atoms with Crippen LogP contribution in [-0.4, -0.2) is 39.2 Å². The summed E-state index contributed by atoms with van der Waals surface area (Å²) in [6.07, 6.45) is 1.90. The van der Waals surface area contributed by atoms with Crippen LogP contribution in [0.5, 0.6) is 11.5 Å². The van der Waals surface area contributed by atoms with Crippen molar-refractivity contribution in [2.24, 2.45) is 5.73 Å². The second kappa shape index (κ2) is 20.9. The highest BCUT2D eigenvalue weighted by Gasteiger charge is 2.17. The second-order valence-corrected chi connectivity index (χ2v) is 14.7. The van der Waals surface area contributed by atoms with Gasteiger partial charge < -0.3 is 35.6 Å². The molecule has 2 heterocycles. The zero-order valence-corrected chi connectivity index (χ0v) is 35.3. The van der Waals surface area contributed by atoms with Gasteiger partial charge in [-0.05, 0) is 116 Å². The number of benzene rings is 2. The third kappa shape index (κ3) is 13.3. The summed E-state index contributed by atoms with van der Waals surface area (Å²) in [5.41, 5.74) is 12.1. The monoisotopic (exact) mass is 858 g/mol. The predicted octanol–water partition coefficient (Wildman–Crippen LogP) is 8.25. The number of rotatable bonds is 11. The Bertz CT molecular complexity index is 2020. The van der Waals surface area contributed by atoms with Gasteiger partial charge in [0, 0.05) is 61.2 Å². The summed E-state index contributed by atoms with van der Waals surface area (Å²) in [6.45, 7) is 19.6. The van der Waals surface area contributed by atoms with Crippen LogP contribution in [0.15, 0.2) is 54.9 Å². The lowest BCUT2D eigenvalue weighted by atomic mass is 10.1. The molecule has 6 N–H and O–H groups in total. The highest BCUT2D eigenvalue weighted by atomic mass is 79.9.